The van der Waals surface area contributed by atoms with Crippen LogP contribution in [0, 0.1) is 5.92 Å². The molecule has 24 heavy (non-hydrogen) atoms. The molecule has 5 nitrogen and oxygen atoms in total. The van der Waals surface area contributed by atoms with Crippen LogP contribution in [-0.4, -0.2) is 42.9 Å². The summed E-state index contributed by atoms with van der Waals surface area (Å²) in [6, 6.07) is 7.15. The Morgan fingerprint density at radius 3 is 2.58 bits per heavy atom. The normalized spacial score (nSPS) is 19.7. The fraction of sp³-hybridized carbons (Fsp3) is 0.611. The van der Waals surface area contributed by atoms with Crippen molar-refractivity contribution in [3.05, 3.63) is 29.8 Å². The Balaban J connectivity index is 2.15. The van der Waals surface area contributed by atoms with E-state index >= 15 is 0 Å². The molecule has 1 aliphatic heterocycles. The van der Waals surface area contributed by atoms with Gasteiger partial charge >= 0.3 is 0 Å². The molecule has 1 atom stereocenters. The van der Waals surface area contributed by atoms with Crippen molar-refractivity contribution in [3.8, 4) is 5.75 Å². The zero-order valence-electron chi connectivity index (χ0n) is 14.9. The van der Waals surface area contributed by atoms with E-state index in [0.29, 0.717) is 24.3 Å². The number of carbonyl (C=O) groups excluding carboxylic acids is 1. The third-order valence-electron chi connectivity index (χ3n) is 4.20. The van der Waals surface area contributed by atoms with Crippen LogP contribution in [0.3, 0.4) is 0 Å². The molecule has 0 unspecified atom stereocenters. The van der Waals surface area contributed by atoms with Crippen LogP contribution < -0.4 is 4.74 Å². The Bertz CT molecular complexity index is 682. The van der Waals surface area contributed by atoms with Crippen molar-refractivity contribution in [2.75, 3.05) is 13.1 Å². The molecule has 0 saturated carbocycles. The van der Waals surface area contributed by atoms with Crippen LogP contribution in [-0.2, 0) is 10.0 Å². The van der Waals surface area contributed by atoms with Crippen molar-refractivity contribution in [3.63, 3.8) is 0 Å². The summed E-state index contributed by atoms with van der Waals surface area (Å²) in [6.45, 7) is 7.99. The number of Topliss-reactive ketones (excluding diaryl/α,β-unsaturated/α-hetero) is 1. The number of sulfonamides is 1. The second kappa shape index (κ2) is 7.66. The van der Waals surface area contributed by atoms with E-state index in [1.807, 2.05) is 19.9 Å². The Morgan fingerprint density at radius 2 is 1.96 bits per heavy atom. The smallest absolute Gasteiger partial charge is 0.216 e. The van der Waals surface area contributed by atoms with Gasteiger partial charge in [0.25, 0.3) is 0 Å². The van der Waals surface area contributed by atoms with E-state index in [1.54, 1.807) is 32.0 Å². The van der Waals surface area contributed by atoms with E-state index in [0.717, 1.165) is 6.42 Å². The van der Waals surface area contributed by atoms with Crippen LogP contribution in [0.2, 0.25) is 0 Å². The summed E-state index contributed by atoms with van der Waals surface area (Å²) >= 11 is 0. The average Bonchev–Trinajstić information content (AvgIpc) is 2.53. The largest absolute Gasteiger partial charge is 0.491 e. The van der Waals surface area contributed by atoms with Gasteiger partial charge in [-0.05, 0) is 52.7 Å². The van der Waals surface area contributed by atoms with Crippen molar-refractivity contribution in [2.24, 2.45) is 5.92 Å². The lowest BCUT2D eigenvalue weighted by atomic mass is 9.91. The van der Waals surface area contributed by atoms with Gasteiger partial charge in [0, 0.05) is 24.6 Å². The van der Waals surface area contributed by atoms with Crippen molar-refractivity contribution < 1.29 is 17.9 Å². The van der Waals surface area contributed by atoms with Crippen LogP contribution in [0.1, 0.15) is 50.9 Å². The van der Waals surface area contributed by atoms with E-state index in [1.165, 1.54) is 4.31 Å². The number of carbonyl (C=O) groups is 1. The van der Waals surface area contributed by atoms with E-state index in [9.17, 15) is 13.2 Å². The van der Waals surface area contributed by atoms with E-state index in [2.05, 4.69) is 0 Å². The first kappa shape index (κ1) is 18.9. The maximum Gasteiger partial charge on any atom is 0.216 e. The molecule has 1 aromatic carbocycles. The first-order valence-electron chi connectivity index (χ1n) is 8.51. The minimum Gasteiger partial charge on any atom is -0.491 e. The van der Waals surface area contributed by atoms with Crippen molar-refractivity contribution in [1.82, 2.24) is 4.31 Å². The first-order valence-corrected chi connectivity index (χ1v) is 10.0. The zero-order chi connectivity index (χ0) is 17.9. The molecule has 0 aliphatic carbocycles. The molecule has 0 spiro atoms. The molecule has 134 valence electrons. The highest BCUT2D eigenvalue weighted by atomic mass is 32.2. The van der Waals surface area contributed by atoms with Gasteiger partial charge in [-0.3, -0.25) is 4.79 Å². The van der Waals surface area contributed by atoms with Crippen molar-refractivity contribution >= 4 is 15.8 Å². The predicted octanol–water partition coefficient (Wildman–Crippen LogP) is 3.11. The number of hydrogen-bond acceptors (Lipinski definition) is 4. The van der Waals surface area contributed by atoms with Crippen LogP contribution in [0.5, 0.6) is 5.75 Å². The minimum absolute atomic E-state index is 0.00661. The Morgan fingerprint density at radius 1 is 1.25 bits per heavy atom. The molecule has 6 heteroatoms. The van der Waals surface area contributed by atoms with Gasteiger partial charge in [-0.25, -0.2) is 12.7 Å². The average molecular weight is 353 g/mol. The second-order valence-corrected chi connectivity index (χ2v) is 9.34. The standard InChI is InChI=1S/C18H27NO4S/c1-13(2)23-17-9-5-7-15(11-17)18(20)16-8-6-10-19(12-16)24(21,22)14(3)4/h5,7,9,11,13-14,16H,6,8,10,12H2,1-4H3/t16-/m0/s1. The summed E-state index contributed by atoms with van der Waals surface area (Å²) in [5.41, 5.74) is 0.585. The SMILES string of the molecule is CC(C)Oc1cccc(C(=O)[C@H]2CCCN(S(=O)(=O)C(C)C)C2)c1. The van der Waals surface area contributed by atoms with Crippen LogP contribution >= 0.6 is 0 Å². The number of rotatable bonds is 6. The molecule has 2 rings (SSSR count). The topological polar surface area (TPSA) is 63.7 Å². The predicted molar refractivity (Wildman–Crippen MR) is 94.9 cm³/mol. The number of ketones is 1. The van der Waals surface area contributed by atoms with Gasteiger partial charge in [0.15, 0.2) is 5.78 Å². The lowest BCUT2D eigenvalue weighted by molar-refractivity contribution is 0.0871. The van der Waals surface area contributed by atoms with Crippen LogP contribution in [0.4, 0.5) is 0 Å². The highest BCUT2D eigenvalue weighted by Crippen LogP contribution is 2.26. The lowest BCUT2D eigenvalue weighted by Gasteiger charge is -2.32. The summed E-state index contributed by atoms with van der Waals surface area (Å²) in [4.78, 5) is 12.8. The number of nitrogens with zero attached hydrogens (tertiary/aromatic N) is 1. The van der Waals surface area contributed by atoms with Crippen LogP contribution in [0.15, 0.2) is 24.3 Å². The van der Waals surface area contributed by atoms with Gasteiger partial charge in [0.1, 0.15) is 5.75 Å². The number of ether oxygens (including phenoxy) is 1. The molecule has 1 heterocycles. The summed E-state index contributed by atoms with van der Waals surface area (Å²) in [6.07, 6.45) is 1.47. The van der Waals surface area contributed by atoms with Gasteiger partial charge in [-0.15, -0.1) is 0 Å². The monoisotopic (exact) mass is 353 g/mol. The molecule has 1 aliphatic rings. The Labute approximate surface area is 145 Å². The van der Waals surface area contributed by atoms with Crippen LogP contribution in [0.25, 0.3) is 0 Å². The fourth-order valence-electron chi connectivity index (χ4n) is 2.92. The molecular weight excluding hydrogens is 326 g/mol. The van der Waals surface area contributed by atoms with E-state index in [4.69, 9.17) is 4.74 Å². The summed E-state index contributed by atoms with van der Waals surface area (Å²) in [5, 5.41) is -0.464. The fourth-order valence-corrected chi connectivity index (χ4v) is 4.28. The van der Waals surface area contributed by atoms with E-state index < -0.39 is 15.3 Å². The van der Waals surface area contributed by atoms with E-state index in [-0.39, 0.29) is 24.3 Å². The third kappa shape index (κ3) is 4.36. The summed E-state index contributed by atoms with van der Waals surface area (Å²) in [5.74, 6) is 0.368. The maximum atomic E-state index is 12.8. The second-order valence-electron chi connectivity index (χ2n) is 6.85. The summed E-state index contributed by atoms with van der Waals surface area (Å²) < 4.78 is 31.8. The Kier molecular flexibility index (Phi) is 6.04. The van der Waals surface area contributed by atoms with Gasteiger partial charge < -0.3 is 4.74 Å². The molecule has 1 fully saturated rings. The highest BCUT2D eigenvalue weighted by molar-refractivity contribution is 7.89. The number of hydrogen-bond donors (Lipinski definition) is 0. The van der Waals surface area contributed by atoms with Gasteiger partial charge in [-0.2, -0.15) is 0 Å². The highest BCUT2D eigenvalue weighted by Gasteiger charge is 2.34. The zero-order valence-corrected chi connectivity index (χ0v) is 15.7. The summed E-state index contributed by atoms with van der Waals surface area (Å²) in [7, 11) is -3.32. The maximum absolute atomic E-state index is 12.8. The van der Waals surface area contributed by atoms with Crippen molar-refractivity contribution in [2.45, 2.75) is 51.9 Å². The van der Waals surface area contributed by atoms with Gasteiger partial charge in [0.05, 0.1) is 11.4 Å². The molecule has 0 radical (unpaired) electrons. The molecule has 0 N–H and O–H groups in total. The molecule has 0 aromatic heterocycles. The third-order valence-corrected chi connectivity index (χ3v) is 6.44. The van der Waals surface area contributed by atoms with Gasteiger partial charge in [-0.1, -0.05) is 12.1 Å². The molecule has 1 aromatic rings. The molecule has 0 amide bonds. The molecular formula is C18H27NO4S. The number of benzene rings is 1. The quantitative estimate of drug-likeness (QED) is 0.737. The van der Waals surface area contributed by atoms with Crippen molar-refractivity contribution in [1.29, 1.82) is 0 Å². The minimum atomic E-state index is -3.32. The Hall–Kier alpha value is -1.40. The lowest BCUT2D eigenvalue weighted by Crippen LogP contribution is -2.45. The molecule has 1 saturated heterocycles. The first-order chi connectivity index (χ1) is 11.2. The van der Waals surface area contributed by atoms with Gasteiger partial charge in [0.2, 0.25) is 10.0 Å². The molecule has 0 bridgehead atoms. The number of piperidine rings is 1.